The van der Waals surface area contributed by atoms with Gasteiger partial charge in [0.1, 0.15) is 5.75 Å². The Morgan fingerprint density at radius 1 is 1.07 bits per heavy atom. The first-order valence-electron chi connectivity index (χ1n) is 10.0. The largest absolute Gasteiger partial charge is 0.494 e. The van der Waals surface area contributed by atoms with E-state index in [-0.39, 0.29) is 5.91 Å². The van der Waals surface area contributed by atoms with E-state index in [1.807, 2.05) is 31.2 Å². The van der Waals surface area contributed by atoms with Gasteiger partial charge in [0.15, 0.2) is 0 Å². The first-order chi connectivity index (χ1) is 13.2. The van der Waals surface area contributed by atoms with Gasteiger partial charge in [0, 0.05) is 18.7 Å². The van der Waals surface area contributed by atoms with Crippen LogP contribution in [0.5, 0.6) is 5.75 Å². The molecule has 1 saturated heterocycles. The number of hydrogen-bond acceptors (Lipinski definition) is 3. The SMILES string of the molecule is CCOc1ccc(NC(=O)CCN2CCC(Cc3ccccc3)CC2)cc1. The third-order valence-electron chi connectivity index (χ3n) is 5.18. The average Bonchev–Trinajstić information content (AvgIpc) is 2.70. The van der Waals surface area contributed by atoms with Gasteiger partial charge < -0.3 is 15.0 Å². The van der Waals surface area contributed by atoms with E-state index < -0.39 is 0 Å². The number of anilines is 1. The van der Waals surface area contributed by atoms with Crippen LogP contribution in [-0.4, -0.2) is 37.0 Å². The highest BCUT2D eigenvalue weighted by Gasteiger charge is 2.19. The Labute approximate surface area is 162 Å². The fraction of sp³-hybridized carbons (Fsp3) is 0.435. The maximum absolute atomic E-state index is 12.2. The molecule has 27 heavy (non-hydrogen) atoms. The van der Waals surface area contributed by atoms with Crippen molar-refractivity contribution in [2.75, 3.05) is 31.6 Å². The van der Waals surface area contributed by atoms with Crippen LogP contribution >= 0.6 is 0 Å². The van der Waals surface area contributed by atoms with Gasteiger partial charge in [-0.1, -0.05) is 30.3 Å². The smallest absolute Gasteiger partial charge is 0.225 e. The molecule has 1 aliphatic rings. The number of piperidine rings is 1. The summed E-state index contributed by atoms with van der Waals surface area (Å²) in [5.74, 6) is 1.67. The van der Waals surface area contributed by atoms with Gasteiger partial charge >= 0.3 is 0 Å². The van der Waals surface area contributed by atoms with Crippen molar-refractivity contribution < 1.29 is 9.53 Å². The third-order valence-corrected chi connectivity index (χ3v) is 5.18. The minimum Gasteiger partial charge on any atom is -0.494 e. The van der Waals surface area contributed by atoms with Crippen LogP contribution in [0.1, 0.15) is 31.7 Å². The Morgan fingerprint density at radius 2 is 1.78 bits per heavy atom. The summed E-state index contributed by atoms with van der Waals surface area (Å²) in [6.45, 7) is 5.62. The van der Waals surface area contributed by atoms with Gasteiger partial charge in [-0.05, 0) is 75.0 Å². The van der Waals surface area contributed by atoms with Crippen LogP contribution in [-0.2, 0) is 11.2 Å². The van der Waals surface area contributed by atoms with Crippen molar-refractivity contribution in [1.82, 2.24) is 4.90 Å². The Hall–Kier alpha value is -2.33. The number of rotatable bonds is 8. The minimum absolute atomic E-state index is 0.0746. The fourth-order valence-electron chi connectivity index (χ4n) is 3.65. The lowest BCUT2D eigenvalue weighted by molar-refractivity contribution is -0.116. The van der Waals surface area contributed by atoms with Crippen molar-refractivity contribution in [2.24, 2.45) is 5.92 Å². The molecule has 2 aromatic rings. The molecule has 0 aromatic heterocycles. The van der Waals surface area contributed by atoms with Crippen LogP contribution in [0.3, 0.4) is 0 Å². The molecular formula is C23H30N2O2. The van der Waals surface area contributed by atoms with Crippen LogP contribution < -0.4 is 10.1 Å². The van der Waals surface area contributed by atoms with Crippen LogP contribution in [0, 0.1) is 5.92 Å². The first-order valence-corrected chi connectivity index (χ1v) is 10.0. The molecule has 0 unspecified atom stereocenters. The summed E-state index contributed by atoms with van der Waals surface area (Å²) >= 11 is 0. The molecule has 1 amide bonds. The zero-order valence-corrected chi connectivity index (χ0v) is 16.2. The molecule has 1 N–H and O–H groups in total. The van der Waals surface area contributed by atoms with E-state index in [2.05, 4.69) is 40.5 Å². The van der Waals surface area contributed by atoms with Crippen molar-refractivity contribution >= 4 is 11.6 Å². The lowest BCUT2D eigenvalue weighted by Gasteiger charge is -2.31. The number of nitrogens with one attached hydrogen (secondary N) is 1. The van der Waals surface area contributed by atoms with Crippen molar-refractivity contribution in [3.63, 3.8) is 0 Å². The molecule has 2 aromatic carbocycles. The van der Waals surface area contributed by atoms with Gasteiger partial charge in [-0.2, -0.15) is 0 Å². The maximum atomic E-state index is 12.2. The summed E-state index contributed by atoms with van der Waals surface area (Å²) in [6.07, 6.45) is 4.15. The van der Waals surface area contributed by atoms with Crippen LogP contribution in [0.25, 0.3) is 0 Å². The highest BCUT2D eigenvalue weighted by Crippen LogP contribution is 2.22. The lowest BCUT2D eigenvalue weighted by Crippen LogP contribution is -2.36. The van der Waals surface area contributed by atoms with Crippen molar-refractivity contribution in [1.29, 1.82) is 0 Å². The monoisotopic (exact) mass is 366 g/mol. The summed E-state index contributed by atoms with van der Waals surface area (Å²) in [5, 5.41) is 2.97. The number of likely N-dealkylation sites (tertiary alicyclic amines) is 1. The molecule has 3 rings (SSSR count). The molecule has 0 bridgehead atoms. The van der Waals surface area contributed by atoms with Gasteiger partial charge in [-0.15, -0.1) is 0 Å². The van der Waals surface area contributed by atoms with Crippen LogP contribution in [0.4, 0.5) is 5.69 Å². The molecular weight excluding hydrogens is 336 g/mol. The fourth-order valence-corrected chi connectivity index (χ4v) is 3.65. The molecule has 0 aliphatic carbocycles. The van der Waals surface area contributed by atoms with Crippen LogP contribution in [0.15, 0.2) is 54.6 Å². The highest BCUT2D eigenvalue weighted by molar-refractivity contribution is 5.90. The number of nitrogens with zero attached hydrogens (tertiary/aromatic N) is 1. The van der Waals surface area contributed by atoms with Gasteiger partial charge in [-0.25, -0.2) is 0 Å². The molecule has 144 valence electrons. The number of ether oxygens (including phenoxy) is 1. The van der Waals surface area contributed by atoms with E-state index in [9.17, 15) is 4.79 Å². The quantitative estimate of drug-likeness (QED) is 0.754. The normalized spacial score (nSPS) is 15.4. The summed E-state index contributed by atoms with van der Waals surface area (Å²) in [4.78, 5) is 14.6. The Morgan fingerprint density at radius 3 is 2.44 bits per heavy atom. The standard InChI is InChI=1S/C23H30N2O2/c1-2-27-22-10-8-21(9-11-22)24-23(26)14-17-25-15-12-20(13-16-25)18-19-6-4-3-5-7-19/h3-11,20H,2,12-18H2,1H3,(H,24,26). The third kappa shape index (κ3) is 6.40. The zero-order valence-electron chi connectivity index (χ0n) is 16.2. The number of carbonyl (C=O) groups is 1. The summed E-state index contributed by atoms with van der Waals surface area (Å²) in [6, 6.07) is 18.3. The molecule has 1 heterocycles. The second-order valence-electron chi connectivity index (χ2n) is 7.23. The number of hydrogen-bond donors (Lipinski definition) is 1. The molecule has 0 spiro atoms. The summed E-state index contributed by atoms with van der Waals surface area (Å²) in [5.41, 5.74) is 2.26. The van der Waals surface area contributed by atoms with Gasteiger partial charge in [0.2, 0.25) is 5.91 Å². The molecule has 4 nitrogen and oxygen atoms in total. The predicted molar refractivity (Wildman–Crippen MR) is 110 cm³/mol. The number of carbonyl (C=O) groups excluding carboxylic acids is 1. The van der Waals surface area contributed by atoms with E-state index in [1.54, 1.807) is 0 Å². The Kier molecular flexibility index (Phi) is 7.28. The molecule has 0 radical (unpaired) electrons. The molecule has 0 saturated carbocycles. The Bertz CT molecular complexity index is 692. The molecule has 4 heteroatoms. The van der Waals surface area contributed by atoms with Crippen molar-refractivity contribution in [2.45, 2.75) is 32.6 Å². The van der Waals surface area contributed by atoms with E-state index in [1.165, 1.54) is 24.8 Å². The highest BCUT2D eigenvalue weighted by atomic mass is 16.5. The Balaban J connectivity index is 1.35. The van der Waals surface area contributed by atoms with Crippen molar-refractivity contribution in [3.8, 4) is 5.75 Å². The minimum atomic E-state index is 0.0746. The molecule has 1 fully saturated rings. The lowest BCUT2D eigenvalue weighted by atomic mass is 9.90. The van der Waals surface area contributed by atoms with Gasteiger partial charge in [0.05, 0.1) is 6.61 Å². The maximum Gasteiger partial charge on any atom is 0.225 e. The topological polar surface area (TPSA) is 41.6 Å². The van der Waals surface area contributed by atoms with E-state index >= 15 is 0 Å². The van der Waals surface area contributed by atoms with Gasteiger partial charge in [0.25, 0.3) is 0 Å². The number of amides is 1. The summed E-state index contributed by atoms with van der Waals surface area (Å²) < 4.78 is 5.42. The van der Waals surface area contributed by atoms with E-state index in [0.717, 1.165) is 37.0 Å². The second kappa shape index (κ2) is 10.1. The van der Waals surface area contributed by atoms with Gasteiger partial charge in [-0.3, -0.25) is 4.79 Å². The van der Waals surface area contributed by atoms with Crippen molar-refractivity contribution in [3.05, 3.63) is 60.2 Å². The molecule has 1 aliphatic heterocycles. The van der Waals surface area contributed by atoms with Crippen LogP contribution in [0.2, 0.25) is 0 Å². The first kappa shape index (κ1) is 19.4. The zero-order chi connectivity index (χ0) is 18.9. The van der Waals surface area contributed by atoms with E-state index in [0.29, 0.717) is 13.0 Å². The average molecular weight is 367 g/mol. The second-order valence-corrected chi connectivity index (χ2v) is 7.23. The van der Waals surface area contributed by atoms with E-state index in [4.69, 9.17) is 4.74 Å². The predicted octanol–water partition coefficient (Wildman–Crippen LogP) is 4.37. The summed E-state index contributed by atoms with van der Waals surface area (Å²) in [7, 11) is 0. The number of benzene rings is 2. The molecule has 0 atom stereocenters.